The minimum atomic E-state index is -0.0656. The fourth-order valence-corrected chi connectivity index (χ4v) is 2.70. The van der Waals surface area contributed by atoms with Gasteiger partial charge in [0.15, 0.2) is 0 Å². The molecular weight excluding hydrogens is 264 g/mol. The van der Waals surface area contributed by atoms with Gasteiger partial charge in [-0.05, 0) is 18.8 Å². The molecule has 2 rings (SSSR count). The van der Waals surface area contributed by atoms with Crippen LogP contribution in [-0.2, 0) is 7.05 Å². The summed E-state index contributed by atoms with van der Waals surface area (Å²) in [5, 5.41) is 7.06. The van der Waals surface area contributed by atoms with Crippen LogP contribution in [0.3, 0.4) is 0 Å². The first-order valence-electron chi connectivity index (χ1n) is 6.70. The normalized spacial score (nSPS) is 17.6. The largest absolute Gasteiger partial charge is 0.348 e. The van der Waals surface area contributed by atoms with Crippen LogP contribution in [0.1, 0.15) is 42.5 Å². The molecule has 1 saturated carbocycles. The van der Waals surface area contributed by atoms with Crippen LogP contribution in [0.4, 0.5) is 0 Å². The molecule has 0 bridgehead atoms. The summed E-state index contributed by atoms with van der Waals surface area (Å²) in [6.45, 7) is 0.511. The highest BCUT2D eigenvalue weighted by Crippen LogP contribution is 2.26. The number of aromatic nitrogens is 2. The number of nitrogens with one attached hydrogen (secondary N) is 1. The van der Waals surface area contributed by atoms with Crippen molar-refractivity contribution in [3.8, 4) is 0 Å². The number of amides is 1. The quantitative estimate of drug-likeness (QED) is 0.880. The zero-order valence-electron chi connectivity index (χ0n) is 11.3. The third-order valence-corrected chi connectivity index (χ3v) is 3.76. The number of aryl methyl sites for hydroxylation is 1. The molecule has 1 aliphatic rings. The molecule has 0 radical (unpaired) electrons. The SMILES string of the molecule is Cl.Cn1cc(C(=O)NC(CN)C2CCCCC2)cn1. The van der Waals surface area contributed by atoms with E-state index in [0.29, 0.717) is 18.0 Å². The molecule has 1 amide bonds. The Labute approximate surface area is 120 Å². The molecule has 1 fully saturated rings. The standard InChI is InChI=1S/C13H22N4O.ClH/c1-17-9-11(8-15-17)13(18)16-12(7-14)10-5-3-2-4-6-10;/h8-10,12H,2-7,14H2,1H3,(H,16,18);1H. The van der Waals surface area contributed by atoms with E-state index >= 15 is 0 Å². The Bertz CT molecular complexity index is 401. The van der Waals surface area contributed by atoms with E-state index in [1.807, 2.05) is 0 Å². The highest BCUT2D eigenvalue weighted by atomic mass is 35.5. The van der Waals surface area contributed by atoms with E-state index in [1.54, 1.807) is 24.1 Å². The number of carbonyl (C=O) groups is 1. The van der Waals surface area contributed by atoms with Crippen LogP contribution in [-0.4, -0.2) is 28.3 Å². The van der Waals surface area contributed by atoms with Crippen molar-refractivity contribution in [1.29, 1.82) is 0 Å². The van der Waals surface area contributed by atoms with Crippen molar-refractivity contribution in [2.24, 2.45) is 18.7 Å². The van der Waals surface area contributed by atoms with E-state index in [-0.39, 0.29) is 24.4 Å². The van der Waals surface area contributed by atoms with E-state index in [9.17, 15) is 4.79 Å². The summed E-state index contributed by atoms with van der Waals surface area (Å²) >= 11 is 0. The molecule has 6 heteroatoms. The summed E-state index contributed by atoms with van der Waals surface area (Å²) in [6, 6.07) is 0.0954. The fourth-order valence-electron chi connectivity index (χ4n) is 2.70. The first kappa shape index (κ1) is 16.0. The monoisotopic (exact) mass is 286 g/mol. The molecule has 3 N–H and O–H groups in total. The molecule has 1 atom stereocenters. The highest BCUT2D eigenvalue weighted by Gasteiger charge is 2.24. The number of hydrogen-bond donors (Lipinski definition) is 2. The van der Waals surface area contributed by atoms with Gasteiger partial charge in [-0.25, -0.2) is 0 Å². The van der Waals surface area contributed by atoms with E-state index in [0.717, 1.165) is 0 Å². The molecule has 1 aromatic rings. The Morgan fingerprint density at radius 1 is 1.53 bits per heavy atom. The highest BCUT2D eigenvalue weighted by molar-refractivity contribution is 5.93. The van der Waals surface area contributed by atoms with Crippen LogP contribution in [0.25, 0.3) is 0 Å². The Morgan fingerprint density at radius 3 is 2.74 bits per heavy atom. The molecule has 1 aliphatic carbocycles. The lowest BCUT2D eigenvalue weighted by atomic mass is 9.84. The maximum Gasteiger partial charge on any atom is 0.254 e. The third-order valence-electron chi connectivity index (χ3n) is 3.76. The third kappa shape index (κ3) is 4.21. The zero-order chi connectivity index (χ0) is 13.0. The van der Waals surface area contributed by atoms with Crippen LogP contribution in [0.5, 0.6) is 0 Å². The van der Waals surface area contributed by atoms with Crippen molar-refractivity contribution < 1.29 is 4.79 Å². The number of rotatable bonds is 4. The van der Waals surface area contributed by atoms with Gasteiger partial charge in [0.25, 0.3) is 5.91 Å². The summed E-state index contributed by atoms with van der Waals surface area (Å²) < 4.78 is 1.63. The number of carbonyl (C=O) groups excluding carboxylic acids is 1. The van der Waals surface area contributed by atoms with E-state index < -0.39 is 0 Å². The van der Waals surface area contributed by atoms with Gasteiger partial charge in [-0.3, -0.25) is 9.48 Å². The molecule has 0 spiro atoms. The average Bonchev–Trinajstić information content (AvgIpc) is 2.83. The van der Waals surface area contributed by atoms with Gasteiger partial charge in [-0.1, -0.05) is 19.3 Å². The number of nitrogens with two attached hydrogens (primary N) is 1. The van der Waals surface area contributed by atoms with Gasteiger partial charge < -0.3 is 11.1 Å². The van der Waals surface area contributed by atoms with Gasteiger partial charge in [0.1, 0.15) is 0 Å². The number of nitrogens with zero attached hydrogens (tertiary/aromatic N) is 2. The van der Waals surface area contributed by atoms with Crippen LogP contribution in [0.2, 0.25) is 0 Å². The lowest BCUT2D eigenvalue weighted by molar-refractivity contribution is 0.0915. The van der Waals surface area contributed by atoms with Gasteiger partial charge in [0.05, 0.1) is 11.8 Å². The minimum absolute atomic E-state index is 0. The van der Waals surface area contributed by atoms with E-state index in [2.05, 4.69) is 10.4 Å². The lowest BCUT2D eigenvalue weighted by Gasteiger charge is -2.29. The van der Waals surface area contributed by atoms with Crippen molar-refractivity contribution in [3.63, 3.8) is 0 Å². The van der Waals surface area contributed by atoms with Crippen molar-refractivity contribution in [2.75, 3.05) is 6.54 Å². The molecule has 0 aromatic carbocycles. The maximum atomic E-state index is 12.0. The molecular formula is C13H23ClN4O. The van der Waals surface area contributed by atoms with Crippen molar-refractivity contribution in [2.45, 2.75) is 38.1 Å². The van der Waals surface area contributed by atoms with E-state index in [4.69, 9.17) is 5.73 Å². The number of hydrogen-bond acceptors (Lipinski definition) is 3. The van der Waals surface area contributed by atoms with Crippen LogP contribution >= 0.6 is 12.4 Å². The van der Waals surface area contributed by atoms with E-state index in [1.165, 1.54) is 32.1 Å². The summed E-state index contributed by atoms with van der Waals surface area (Å²) in [5.74, 6) is 0.466. The van der Waals surface area contributed by atoms with Gasteiger partial charge in [0.2, 0.25) is 0 Å². The van der Waals surface area contributed by atoms with Crippen LogP contribution < -0.4 is 11.1 Å². The van der Waals surface area contributed by atoms with Crippen molar-refractivity contribution >= 4 is 18.3 Å². The summed E-state index contributed by atoms with van der Waals surface area (Å²) in [7, 11) is 1.80. The van der Waals surface area contributed by atoms with Gasteiger partial charge in [-0.2, -0.15) is 5.10 Å². The average molecular weight is 287 g/mol. The van der Waals surface area contributed by atoms with Gasteiger partial charge in [-0.15, -0.1) is 12.4 Å². The van der Waals surface area contributed by atoms with Crippen molar-refractivity contribution in [3.05, 3.63) is 18.0 Å². The fraction of sp³-hybridized carbons (Fsp3) is 0.692. The molecule has 1 unspecified atom stereocenters. The minimum Gasteiger partial charge on any atom is -0.348 e. The Hall–Kier alpha value is -1.07. The molecule has 5 nitrogen and oxygen atoms in total. The second kappa shape index (κ2) is 7.50. The molecule has 0 aliphatic heterocycles. The lowest BCUT2D eigenvalue weighted by Crippen LogP contribution is -2.45. The summed E-state index contributed by atoms with van der Waals surface area (Å²) in [6.07, 6.45) is 9.48. The maximum absolute atomic E-state index is 12.0. The Morgan fingerprint density at radius 2 is 2.21 bits per heavy atom. The Kier molecular flexibility index (Phi) is 6.31. The molecule has 1 aromatic heterocycles. The zero-order valence-corrected chi connectivity index (χ0v) is 12.2. The van der Waals surface area contributed by atoms with Crippen molar-refractivity contribution in [1.82, 2.24) is 15.1 Å². The predicted molar refractivity (Wildman–Crippen MR) is 77.3 cm³/mol. The van der Waals surface area contributed by atoms with Gasteiger partial charge >= 0.3 is 0 Å². The van der Waals surface area contributed by atoms with Crippen LogP contribution in [0, 0.1) is 5.92 Å². The smallest absolute Gasteiger partial charge is 0.254 e. The molecule has 19 heavy (non-hydrogen) atoms. The molecule has 1 heterocycles. The number of halogens is 1. The summed E-state index contributed by atoms with van der Waals surface area (Å²) in [5.41, 5.74) is 6.40. The Balaban J connectivity index is 0.00000180. The first-order valence-corrected chi connectivity index (χ1v) is 6.70. The van der Waals surface area contributed by atoms with Gasteiger partial charge in [0, 0.05) is 25.8 Å². The second-order valence-electron chi connectivity index (χ2n) is 5.12. The van der Waals surface area contributed by atoms with Crippen LogP contribution in [0.15, 0.2) is 12.4 Å². The molecule has 0 saturated heterocycles. The first-order chi connectivity index (χ1) is 8.70. The predicted octanol–water partition coefficient (Wildman–Crippen LogP) is 1.48. The topological polar surface area (TPSA) is 72.9 Å². The summed E-state index contributed by atoms with van der Waals surface area (Å²) in [4.78, 5) is 12.0. The molecule has 108 valence electrons. The second-order valence-corrected chi connectivity index (χ2v) is 5.12.